The fourth-order valence-electron chi connectivity index (χ4n) is 1.59. The van der Waals surface area contributed by atoms with Gasteiger partial charge < -0.3 is 15.8 Å². The number of nitrogens with two attached hydrogens (primary N) is 1. The average Bonchev–Trinajstić information content (AvgIpc) is 2.89. The van der Waals surface area contributed by atoms with Gasteiger partial charge in [0.15, 0.2) is 0 Å². The van der Waals surface area contributed by atoms with Gasteiger partial charge in [-0.2, -0.15) is 0 Å². The fraction of sp³-hybridized carbons (Fsp3) is 0.538. The average molecular weight is 284 g/mol. The number of ether oxygens (including phenoxy) is 1. The van der Waals surface area contributed by atoms with Crippen LogP contribution in [-0.4, -0.2) is 25.0 Å². The molecule has 1 aromatic heterocycles. The van der Waals surface area contributed by atoms with Crippen molar-refractivity contribution in [1.29, 1.82) is 0 Å². The Balaban J connectivity index is 2.59. The lowest BCUT2D eigenvalue weighted by atomic mass is 10.1. The van der Waals surface area contributed by atoms with Crippen molar-refractivity contribution in [3.05, 3.63) is 22.4 Å². The normalized spacial score (nSPS) is 13.6. The predicted octanol–water partition coefficient (Wildman–Crippen LogP) is 1.60. The van der Waals surface area contributed by atoms with Crippen molar-refractivity contribution in [2.45, 2.75) is 38.3 Å². The summed E-state index contributed by atoms with van der Waals surface area (Å²) in [4.78, 5) is 24.1. The Morgan fingerprint density at radius 2 is 2.26 bits per heavy atom. The van der Waals surface area contributed by atoms with E-state index < -0.39 is 0 Å². The summed E-state index contributed by atoms with van der Waals surface area (Å²) in [7, 11) is 1.34. The van der Waals surface area contributed by atoms with Gasteiger partial charge in [0, 0.05) is 17.3 Å². The summed E-state index contributed by atoms with van der Waals surface area (Å²) in [6.07, 6.45) is 1.13. The van der Waals surface area contributed by atoms with Gasteiger partial charge in [0.2, 0.25) is 5.91 Å². The second kappa shape index (κ2) is 7.91. The maximum Gasteiger partial charge on any atom is 0.307 e. The Kier molecular flexibility index (Phi) is 6.52. The quantitative estimate of drug-likeness (QED) is 0.745. The maximum atomic E-state index is 11.8. The van der Waals surface area contributed by atoms with Crippen LogP contribution in [0.5, 0.6) is 0 Å². The number of nitrogens with one attached hydrogen (secondary N) is 1. The van der Waals surface area contributed by atoms with Crippen molar-refractivity contribution < 1.29 is 14.3 Å². The van der Waals surface area contributed by atoms with Gasteiger partial charge >= 0.3 is 5.97 Å². The molecule has 2 unspecified atom stereocenters. The number of hydrogen-bond donors (Lipinski definition) is 2. The highest BCUT2D eigenvalue weighted by Gasteiger charge is 2.19. The number of esters is 1. The molecule has 19 heavy (non-hydrogen) atoms. The Bertz CT molecular complexity index is 404. The van der Waals surface area contributed by atoms with Gasteiger partial charge in [0.1, 0.15) is 0 Å². The molecular weight excluding hydrogens is 264 g/mol. The van der Waals surface area contributed by atoms with Crippen molar-refractivity contribution >= 4 is 23.2 Å². The van der Waals surface area contributed by atoms with Crippen LogP contribution in [0.15, 0.2) is 17.5 Å². The predicted molar refractivity (Wildman–Crippen MR) is 74.7 cm³/mol. The van der Waals surface area contributed by atoms with Crippen LogP contribution in [0.3, 0.4) is 0 Å². The SMILES string of the molecule is COC(=O)CC(NC(=O)CCC(C)N)c1cccs1. The van der Waals surface area contributed by atoms with Crippen LogP contribution in [0, 0.1) is 0 Å². The van der Waals surface area contributed by atoms with Crippen molar-refractivity contribution in [1.82, 2.24) is 5.32 Å². The lowest BCUT2D eigenvalue weighted by molar-refractivity contribution is -0.141. The van der Waals surface area contributed by atoms with Gasteiger partial charge in [-0.15, -0.1) is 11.3 Å². The zero-order chi connectivity index (χ0) is 14.3. The lowest BCUT2D eigenvalue weighted by Gasteiger charge is -2.16. The molecule has 0 spiro atoms. The van der Waals surface area contributed by atoms with E-state index in [9.17, 15) is 9.59 Å². The molecular formula is C13H20N2O3S. The van der Waals surface area contributed by atoms with Gasteiger partial charge in [0.05, 0.1) is 19.6 Å². The summed E-state index contributed by atoms with van der Waals surface area (Å²) in [6.45, 7) is 1.86. The molecule has 0 saturated carbocycles. The van der Waals surface area contributed by atoms with E-state index in [1.54, 1.807) is 0 Å². The topological polar surface area (TPSA) is 81.4 Å². The highest BCUT2D eigenvalue weighted by Crippen LogP contribution is 2.22. The summed E-state index contributed by atoms with van der Waals surface area (Å²) in [5, 5.41) is 4.77. The zero-order valence-corrected chi connectivity index (χ0v) is 12.0. The summed E-state index contributed by atoms with van der Waals surface area (Å²) >= 11 is 1.50. The molecule has 0 radical (unpaired) electrons. The van der Waals surface area contributed by atoms with Gasteiger partial charge in [0.25, 0.3) is 0 Å². The fourth-order valence-corrected chi connectivity index (χ4v) is 2.37. The standard InChI is InChI=1S/C13H20N2O3S/c1-9(14)5-6-12(16)15-10(8-13(17)18-2)11-4-3-7-19-11/h3-4,7,9-10H,5-6,8,14H2,1-2H3,(H,15,16). The minimum absolute atomic E-state index is 0.00783. The highest BCUT2D eigenvalue weighted by atomic mass is 32.1. The molecule has 1 amide bonds. The third kappa shape index (κ3) is 5.85. The van der Waals surface area contributed by atoms with E-state index in [1.165, 1.54) is 18.4 Å². The van der Waals surface area contributed by atoms with E-state index in [0.717, 1.165) is 4.88 Å². The zero-order valence-electron chi connectivity index (χ0n) is 11.2. The number of methoxy groups -OCH3 is 1. The van der Waals surface area contributed by atoms with Crippen LogP contribution < -0.4 is 11.1 Å². The maximum absolute atomic E-state index is 11.8. The molecule has 0 aliphatic rings. The first-order valence-corrected chi connectivity index (χ1v) is 7.06. The summed E-state index contributed by atoms with van der Waals surface area (Å²) < 4.78 is 4.65. The van der Waals surface area contributed by atoms with Crippen molar-refractivity contribution in [2.24, 2.45) is 5.73 Å². The monoisotopic (exact) mass is 284 g/mol. The van der Waals surface area contributed by atoms with Crippen molar-refractivity contribution in [3.63, 3.8) is 0 Å². The van der Waals surface area contributed by atoms with Gasteiger partial charge in [-0.3, -0.25) is 9.59 Å². The minimum Gasteiger partial charge on any atom is -0.469 e. The molecule has 0 fully saturated rings. The molecule has 3 N–H and O–H groups in total. The van der Waals surface area contributed by atoms with E-state index in [-0.39, 0.29) is 30.4 Å². The second-order valence-corrected chi connectivity index (χ2v) is 5.41. The lowest BCUT2D eigenvalue weighted by Crippen LogP contribution is -2.31. The Labute approximate surface area is 117 Å². The van der Waals surface area contributed by atoms with Crippen molar-refractivity contribution in [2.75, 3.05) is 7.11 Å². The molecule has 0 bridgehead atoms. The Morgan fingerprint density at radius 1 is 1.53 bits per heavy atom. The summed E-state index contributed by atoms with van der Waals surface area (Å²) in [6, 6.07) is 3.45. The Morgan fingerprint density at radius 3 is 2.79 bits per heavy atom. The molecule has 0 aliphatic heterocycles. The van der Waals surface area contributed by atoms with Crippen LogP contribution >= 0.6 is 11.3 Å². The number of rotatable bonds is 7. The number of amides is 1. The summed E-state index contributed by atoms with van der Waals surface area (Å²) in [5.41, 5.74) is 5.62. The molecule has 1 rings (SSSR count). The second-order valence-electron chi connectivity index (χ2n) is 4.43. The molecule has 0 aromatic carbocycles. The molecule has 1 aromatic rings. The van der Waals surface area contributed by atoms with Gasteiger partial charge in [-0.1, -0.05) is 6.07 Å². The molecule has 1 heterocycles. The molecule has 6 heteroatoms. The van der Waals surface area contributed by atoms with Crippen LogP contribution in [0.2, 0.25) is 0 Å². The molecule has 0 saturated heterocycles. The molecule has 0 aliphatic carbocycles. The first-order chi connectivity index (χ1) is 9.02. The number of carbonyl (C=O) groups excluding carboxylic acids is 2. The van der Waals surface area contributed by atoms with Gasteiger partial charge in [-0.05, 0) is 24.8 Å². The molecule has 106 valence electrons. The van der Waals surface area contributed by atoms with Crippen LogP contribution in [0.4, 0.5) is 0 Å². The highest BCUT2D eigenvalue weighted by molar-refractivity contribution is 7.10. The van der Waals surface area contributed by atoms with E-state index in [4.69, 9.17) is 5.73 Å². The number of thiophene rings is 1. The van der Waals surface area contributed by atoms with E-state index >= 15 is 0 Å². The van der Waals surface area contributed by atoms with E-state index in [2.05, 4.69) is 10.1 Å². The number of carbonyl (C=O) groups is 2. The van der Waals surface area contributed by atoms with E-state index in [1.807, 2.05) is 24.4 Å². The van der Waals surface area contributed by atoms with Crippen molar-refractivity contribution in [3.8, 4) is 0 Å². The van der Waals surface area contributed by atoms with E-state index in [0.29, 0.717) is 12.8 Å². The van der Waals surface area contributed by atoms with Crippen LogP contribution in [-0.2, 0) is 14.3 Å². The third-order valence-electron chi connectivity index (χ3n) is 2.65. The van der Waals surface area contributed by atoms with Gasteiger partial charge in [-0.25, -0.2) is 0 Å². The third-order valence-corrected chi connectivity index (χ3v) is 3.63. The smallest absolute Gasteiger partial charge is 0.307 e. The first-order valence-electron chi connectivity index (χ1n) is 6.18. The molecule has 2 atom stereocenters. The number of hydrogen-bond acceptors (Lipinski definition) is 5. The Hall–Kier alpha value is -1.40. The minimum atomic E-state index is -0.342. The summed E-state index contributed by atoms with van der Waals surface area (Å²) in [5.74, 6) is -0.439. The molecule has 5 nitrogen and oxygen atoms in total. The van der Waals surface area contributed by atoms with Crippen LogP contribution in [0.1, 0.15) is 37.1 Å². The first kappa shape index (κ1) is 15.7. The largest absolute Gasteiger partial charge is 0.469 e. The van der Waals surface area contributed by atoms with Crippen LogP contribution in [0.25, 0.3) is 0 Å².